The Morgan fingerprint density at radius 3 is 2.31 bits per heavy atom. The quantitative estimate of drug-likeness (QED) is 0.465. The minimum absolute atomic E-state index is 0.172. The molecule has 0 bridgehead atoms. The second-order valence-electron chi connectivity index (χ2n) is 6.03. The van der Waals surface area contributed by atoms with Gasteiger partial charge in [0.1, 0.15) is 11.5 Å². The smallest absolute Gasteiger partial charge is 0.248 e. The maximum absolute atomic E-state index is 12.0. The summed E-state index contributed by atoms with van der Waals surface area (Å²) < 4.78 is 10.8. The molecule has 4 nitrogen and oxygen atoms in total. The molecule has 1 N–H and O–H groups in total. The maximum Gasteiger partial charge on any atom is 0.248 e. The van der Waals surface area contributed by atoms with E-state index in [0.29, 0.717) is 0 Å². The molecule has 0 radical (unpaired) electrons. The lowest BCUT2D eigenvalue weighted by Crippen LogP contribution is -2.07. The Kier molecular flexibility index (Phi) is 8.27. The van der Waals surface area contributed by atoms with E-state index in [9.17, 15) is 4.79 Å². The first-order valence-electron chi connectivity index (χ1n) is 9.07. The van der Waals surface area contributed by atoms with Gasteiger partial charge in [-0.1, -0.05) is 38.3 Å². The summed E-state index contributed by atoms with van der Waals surface area (Å²) in [6.07, 6.45) is 8.02. The Bertz CT molecular complexity index is 690. The second kappa shape index (κ2) is 11.0. The van der Waals surface area contributed by atoms with Crippen LogP contribution in [0.2, 0.25) is 0 Å². The van der Waals surface area contributed by atoms with Crippen LogP contribution >= 0.6 is 0 Å². The van der Waals surface area contributed by atoms with Crippen LogP contribution < -0.4 is 14.8 Å². The van der Waals surface area contributed by atoms with Crippen LogP contribution in [0.1, 0.15) is 38.2 Å². The normalized spacial score (nSPS) is 10.7. The molecule has 1 amide bonds. The molecule has 0 heterocycles. The van der Waals surface area contributed by atoms with Gasteiger partial charge in [0.25, 0.3) is 0 Å². The van der Waals surface area contributed by atoms with Crippen molar-refractivity contribution in [3.05, 3.63) is 60.2 Å². The summed E-state index contributed by atoms with van der Waals surface area (Å²) in [5.41, 5.74) is 1.68. The predicted octanol–water partition coefficient (Wildman–Crippen LogP) is 5.31. The molecule has 0 saturated heterocycles. The summed E-state index contributed by atoms with van der Waals surface area (Å²) in [5, 5.41) is 2.84. The van der Waals surface area contributed by atoms with Gasteiger partial charge in [-0.15, -0.1) is 0 Å². The number of carbonyl (C=O) groups excluding carboxylic acids is 1. The number of hydrogen-bond acceptors (Lipinski definition) is 3. The number of nitrogens with one attached hydrogen (secondary N) is 1. The minimum atomic E-state index is -0.172. The molecule has 0 aliphatic rings. The van der Waals surface area contributed by atoms with E-state index in [0.717, 1.165) is 35.8 Å². The van der Waals surface area contributed by atoms with Gasteiger partial charge in [-0.3, -0.25) is 4.79 Å². The molecular formula is C22H27NO3. The van der Waals surface area contributed by atoms with E-state index in [1.807, 2.05) is 48.5 Å². The Balaban J connectivity index is 1.78. The molecule has 0 spiro atoms. The Morgan fingerprint density at radius 2 is 1.65 bits per heavy atom. The fourth-order valence-electron chi connectivity index (χ4n) is 2.42. The maximum atomic E-state index is 12.0. The van der Waals surface area contributed by atoms with Crippen molar-refractivity contribution in [1.29, 1.82) is 0 Å². The molecule has 138 valence electrons. The highest BCUT2D eigenvalue weighted by atomic mass is 16.5. The Morgan fingerprint density at radius 1 is 0.962 bits per heavy atom. The summed E-state index contributed by atoms with van der Waals surface area (Å²) in [7, 11) is 1.63. The second-order valence-corrected chi connectivity index (χ2v) is 6.03. The van der Waals surface area contributed by atoms with E-state index in [1.54, 1.807) is 13.2 Å². The van der Waals surface area contributed by atoms with Crippen molar-refractivity contribution in [2.75, 3.05) is 19.0 Å². The van der Waals surface area contributed by atoms with E-state index in [1.165, 1.54) is 25.3 Å². The number of hydrogen-bond donors (Lipinski definition) is 1. The first-order valence-corrected chi connectivity index (χ1v) is 9.07. The van der Waals surface area contributed by atoms with E-state index in [2.05, 4.69) is 12.2 Å². The fourth-order valence-corrected chi connectivity index (χ4v) is 2.42. The number of benzene rings is 2. The molecule has 2 aromatic carbocycles. The zero-order chi connectivity index (χ0) is 18.6. The van der Waals surface area contributed by atoms with E-state index < -0.39 is 0 Å². The van der Waals surface area contributed by atoms with Gasteiger partial charge in [0.2, 0.25) is 5.91 Å². The number of amides is 1. The molecule has 0 unspecified atom stereocenters. The molecular weight excluding hydrogens is 326 g/mol. The van der Waals surface area contributed by atoms with Crippen LogP contribution in [0, 0.1) is 0 Å². The van der Waals surface area contributed by atoms with Crippen LogP contribution in [-0.2, 0) is 4.79 Å². The van der Waals surface area contributed by atoms with Crippen molar-refractivity contribution in [1.82, 2.24) is 0 Å². The van der Waals surface area contributed by atoms with Crippen LogP contribution in [-0.4, -0.2) is 19.6 Å². The topological polar surface area (TPSA) is 47.6 Å². The van der Waals surface area contributed by atoms with E-state index >= 15 is 0 Å². The standard InChI is InChI=1S/C22H27NO3/c1-3-4-5-6-17-26-21-14-10-19(11-15-21)23-22(24)16-9-18-7-12-20(25-2)13-8-18/h7-16H,3-6,17H2,1-2H3,(H,23,24)/b16-9+. The summed E-state index contributed by atoms with van der Waals surface area (Å²) in [6.45, 7) is 2.93. The lowest BCUT2D eigenvalue weighted by Gasteiger charge is -2.07. The number of rotatable bonds is 10. The van der Waals surface area contributed by atoms with Gasteiger partial charge in [0.05, 0.1) is 13.7 Å². The molecule has 0 aliphatic carbocycles. The number of anilines is 1. The average molecular weight is 353 g/mol. The first kappa shape index (κ1) is 19.6. The van der Waals surface area contributed by atoms with Gasteiger partial charge < -0.3 is 14.8 Å². The number of unbranched alkanes of at least 4 members (excludes halogenated alkanes) is 3. The highest BCUT2D eigenvalue weighted by Crippen LogP contribution is 2.17. The van der Waals surface area contributed by atoms with Gasteiger partial charge in [0.15, 0.2) is 0 Å². The van der Waals surface area contributed by atoms with Gasteiger partial charge in [-0.2, -0.15) is 0 Å². The molecule has 2 rings (SSSR count). The lowest BCUT2D eigenvalue weighted by molar-refractivity contribution is -0.111. The third-order valence-electron chi connectivity index (χ3n) is 3.93. The van der Waals surface area contributed by atoms with E-state index in [4.69, 9.17) is 9.47 Å². The van der Waals surface area contributed by atoms with Crippen molar-refractivity contribution in [2.45, 2.75) is 32.6 Å². The summed E-state index contributed by atoms with van der Waals surface area (Å²) in [5.74, 6) is 1.45. The molecule has 26 heavy (non-hydrogen) atoms. The first-order chi connectivity index (χ1) is 12.7. The van der Waals surface area contributed by atoms with Crippen LogP contribution in [0.3, 0.4) is 0 Å². The van der Waals surface area contributed by atoms with Crippen LogP contribution in [0.25, 0.3) is 6.08 Å². The third kappa shape index (κ3) is 7.01. The molecule has 0 aromatic heterocycles. The molecule has 0 fully saturated rings. The molecule has 4 heteroatoms. The van der Waals surface area contributed by atoms with Crippen molar-refractivity contribution >= 4 is 17.7 Å². The van der Waals surface area contributed by atoms with Gasteiger partial charge in [-0.05, 0) is 54.5 Å². The largest absolute Gasteiger partial charge is 0.497 e. The highest BCUT2D eigenvalue weighted by Gasteiger charge is 2.00. The minimum Gasteiger partial charge on any atom is -0.497 e. The van der Waals surface area contributed by atoms with Crippen molar-refractivity contribution in [3.8, 4) is 11.5 Å². The Hall–Kier alpha value is -2.75. The monoisotopic (exact) mass is 353 g/mol. The molecule has 0 atom stereocenters. The van der Waals surface area contributed by atoms with Crippen molar-refractivity contribution in [3.63, 3.8) is 0 Å². The Labute approximate surface area is 155 Å². The third-order valence-corrected chi connectivity index (χ3v) is 3.93. The number of methoxy groups -OCH3 is 1. The van der Waals surface area contributed by atoms with Gasteiger partial charge in [-0.25, -0.2) is 0 Å². The van der Waals surface area contributed by atoms with Gasteiger partial charge >= 0.3 is 0 Å². The SMILES string of the molecule is CCCCCCOc1ccc(NC(=O)/C=C/c2ccc(OC)cc2)cc1. The van der Waals surface area contributed by atoms with Crippen molar-refractivity contribution in [2.24, 2.45) is 0 Å². The number of carbonyl (C=O) groups is 1. The summed E-state index contributed by atoms with van der Waals surface area (Å²) in [4.78, 5) is 12.0. The van der Waals surface area contributed by atoms with Crippen molar-refractivity contribution < 1.29 is 14.3 Å². The lowest BCUT2D eigenvalue weighted by atomic mass is 10.2. The summed E-state index contributed by atoms with van der Waals surface area (Å²) in [6, 6.07) is 15.0. The molecule has 0 saturated carbocycles. The number of ether oxygens (including phenoxy) is 2. The van der Waals surface area contributed by atoms with Crippen LogP contribution in [0.4, 0.5) is 5.69 Å². The van der Waals surface area contributed by atoms with E-state index in [-0.39, 0.29) is 5.91 Å². The fraction of sp³-hybridized carbons (Fsp3) is 0.318. The van der Waals surface area contributed by atoms with Gasteiger partial charge in [0, 0.05) is 11.8 Å². The highest BCUT2D eigenvalue weighted by molar-refractivity contribution is 6.01. The molecule has 2 aromatic rings. The van der Waals surface area contributed by atoms with Crippen LogP contribution in [0.15, 0.2) is 54.6 Å². The molecule has 0 aliphatic heterocycles. The zero-order valence-corrected chi connectivity index (χ0v) is 15.5. The predicted molar refractivity (Wildman–Crippen MR) is 107 cm³/mol. The van der Waals surface area contributed by atoms with Crippen LogP contribution in [0.5, 0.6) is 11.5 Å². The summed E-state index contributed by atoms with van der Waals surface area (Å²) >= 11 is 0. The average Bonchev–Trinajstić information content (AvgIpc) is 2.68. The zero-order valence-electron chi connectivity index (χ0n) is 15.5.